The van der Waals surface area contributed by atoms with Gasteiger partial charge in [-0.15, -0.1) is 0 Å². The number of anilines is 2. The molecule has 0 bridgehead atoms. The Balaban J connectivity index is 2.23. The number of halogens is 3. The summed E-state index contributed by atoms with van der Waals surface area (Å²) in [4.78, 5) is 0. The number of benzene rings is 2. The molecule has 0 unspecified atom stereocenters. The fourth-order valence-electron chi connectivity index (χ4n) is 1.47. The fourth-order valence-corrected chi connectivity index (χ4v) is 1.47. The molecule has 0 fully saturated rings. The Hall–Kier alpha value is -2.17. The first-order valence-corrected chi connectivity index (χ1v) is 5.16. The quantitative estimate of drug-likeness (QED) is 0.839. The highest BCUT2D eigenvalue weighted by atomic mass is 19.2. The zero-order valence-electron chi connectivity index (χ0n) is 9.51. The van der Waals surface area contributed by atoms with E-state index in [1.165, 1.54) is 7.11 Å². The van der Waals surface area contributed by atoms with Crippen LogP contribution in [-0.4, -0.2) is 7.11 Å². The Morgan fingerprint density at radius 3 is 1.94 bits per heavy atom. The van der Waals surface area contributed by atoms with E-state index in [1.807, 2.05) is 0 Å². The van der Waals surface area contributed by atoms with Crippen molar-refractivity contribution in [3.05, 3.63) is 53.8 Å². The Kier molecular flexibility index (Phi) is 3.41. The molecule has 0 heterocycles. The third kappa shape index (κ3) is 2.56. The average Bonchev–Trinajstić information content (AvgIpc) is 2.37. The number of nitrogens with one attached hydrogen (secondary N) is 1. The van der Waals surface area contributed by atoms with Crippen molar-refractivity contribution in [1.29, 1.82) is 0 Å². The van der Waals surface area contributed by atoms with Crippen LogP contribution in [0.25, 0.3) is 0 Å². The molecule has 0 atom stereocenters. The van der Waals surface area contributed by atoms with Crippen molar-refractivity contribution in [2.45, 2.75) is 0 Å². The Morgan fingerprint density at radius 2 is 1.44 bits per heavy atom. The lowest BCUT2D eigenvalue weighted by Crippen LogP contribution is -1.96. The first-order valence-electron chi connectivity index (χ1n) is 5.16. The van der Waals surface area contributed by atoms with Gasteiger partial charge >= 0.3 is 0 Å². The second-order valence-electron chi connectivity index (χ2n) is 3.61. The summed E-state index contributed by atoms with van der Waals surface area (Å²) in [6.45, 7) is 0. The van der Waals surface area contributed by atoms with Crippen LogP contribution in [0.1, 0.15) is 0 Å². The van der Waals surface area contributed by atoms with Crippen molar-refractivity contribution < 1.29 is 17.9 Å². The van der Waals surface area contributed by atoms with Gasteiger partial charge in [-0.3, -0.25) is 0 Å². The molecule has 0 aromatic heterocycles. The standard InChI is InChI=1S/C13H10F3NO/c1-18-10-4-2-8(3-5-10)17-9-6-11(14)13(16)12(15)7-9/h2-7,17H,1H3. The molecule has 0 aliphatic rings. The van der Waals surface area contributed by atoms with Crippen LogP contribution < -0.4 is 10.1 Å². The summed E-state index contributed by atoms with van der Waals surface area (Å²) in [6, 6.07) is 8.53. The molecular weight excluding hydrogens is 243 g/mol. The highest BCUT2D eigenvalue weighted by molar-refractivity contribution is 5.60. The predicted molar refractivity (Wildman–Crippen MR) is 62.6 cm³/mol. The van der Waals surface area contributed by atoms with Gasteiger partial charge in [0, 0.05) is 23.5 Å². The van der Waals surface area contributed by atoms with E-state index in [9.17, 15) is 13.2 Å². The van der Waals surface area contributed by atoms with Crippen LogP contribution >= 0.6 is 0 Å². The van der Waals surface area contributed by atoms with Crippen molar-refractivity contribution in [2.24, 2.45) is 0 Å². The van der Waals surface area contributed by atoms with Crippen molar-refractivity contribution in [3.8, 4) is 5.75 Å². The van der Waals surface area contributed by atoms with Crippen LogP contribution in [0.4, 0.5) is 24.5 Å². The fraction of sp³-hybridized carbons (Fsp3) is 0.0769. The van der Waals surface area contributed by atoms with Crippen molar-refractivity contribution >= 4 is 11.4 Å². The second kappa shape index (κ2) is 5.00. The van der Waals surface area contributed by atoms with Crippen LogP contribution in [0.3, 0.4) is 0 Å². The van der Waals surface area contributed by atoms with Gasteiger partial charge in [-0.1, -0.05) is 0 Å². The maximum absolute atomic E-state index is 13.0. The lowest BCUT2D eigenvalue weighted by atomic mass is 10.2. The molecule has 1 N–H and O–H groups in total. The van der Waals surface area contributed by atoms with Crippen LogP contribution in [0.5, 0.6) is 5.75 Å². The third-order valence-corrected chi connectivity index (χ3v) is 2.36. The molecule has 2 rings (SSSR count). The summed E-state index contributed by atoms with van der Waals surface area (Å²) >= 11 is 0. The number of ether oxygens (including phenoxy) is 1. The minimum absolute atomic E-state index is 0.136. The first kappa shape index (κ1) is 12.3. The maximum atomic E-state index is 13.0. The molecule has 18 heavy (non-hydrogen) atoms. The van der Waals surface area contributed by atoms with Crippen LogP contribution in [-0.2, 0) is 0 Å². The van der Waals surface area contributed by atoms with Gasteiger partial charge in [0.15, 0.2) is 17.5 Å². The SMILES string of the molecule is COc1ccc(Nc2cc(F)c(F)c(F)c2)cc1. The molecule has 0 aliphatic carbocycles. The lowest BCUT2D eigenvalue weighted by molar-refractivity contribution is 0.415. The highest BCUT2D eigenvalue weighted by Crippen LogP contribution is 2.22. The molecule has 0 amide bonds. The Morgan fingerprint density at radius 1 is 0.889 bits per heavy atom. The highest BCUT2D eigenvalue weighted by Gasteiger charge is 2.10. The van der Waals surface area contributed by atoms with E-state index in [4.69, 9.17) is 4.74 Å². The second-order valence-corrected chi connectivity index (χ2v) is 3.61. The van der Waals surface area contributed by atoms with E-state index in [-0.39, 0.29) is 5.69 Å². The minimum Gasteiger partial charge on any atom is -0.497 e. The molecule has 0 radical (unpaired) electrons. The van der Waals surface area contributed by atoms with E-state index in [1.54, 1.807) is 24.3 Å². The topological polar surface area (TPSA) is 21.3 Å². The summed E-state index contributed by atoms with van der Waals surface area (Å²) in [6.07, 6.45) is 0. The van der Waals surface area contributed by atoms with Gasteiger partial charge in [0.2, 0.25) is 0 Å². The minimum atomic E-state index is -1.48. The average molecular weight is 253 g/mol. The summed E-state index contributed by atoms with van der Waals surface area (Å²) in [5, 5.41) is 2.76. The number of hydrogen-bond donors (Lipinski definition) is 1. The summed E-state index contributed by atoms with van der Waals surface area (Å²) < 4.78 is 43.7. The van der Waals surface area contributed by atoms with Gasteiger partial charge in [-0.25, -0.2) is 13.2 Å². The molecule has 0 saturated heterocycles. The van der Waals surface area contributed by atoms with E-state index in [0.29, 0.717) is 11.4 Å². The number of methoxy groups -OCH3 is 1. The Bertz CT molecular complexity index is 532. The van der Waals surface area contributed by atoms with Crippen molar-refractivity contribution in [3.63, 3.8) is 0 Å². The van der Waals surface area contributed by atoms with Crippen molar-refractivity contribution in [1.82, 2.24) is 0 Å². The van der Waals surface area contributed by atoms with Gasteiger partial charge in [0.1, 0.15) is 5.75 Å². The summed E-state index contributed by atoms with van der Waals surface area (Å²) in [7, 11) is 1.53. The normalized spacial score (nSPS) is 10.2. The molecule has 5 heteroatoms. The van der Waals surface area contributed by atoms with Crippen LogP contribution in [0, 0.1) is 17.5 Å². The van der Waals surface area contributed by atoms with E-state index in [2.05, 4.69) is 5.32 Å². The largest absolute Gasteiger partial charge is 0.497 e. The number of hydrogen-bond acceptors (Lipinski definition) is 2. The van der Waals surface area contributed by atoms with Gasteiger partial charge in [-0.2, -0.15) is 0 Å². The van der Waals surface area contributed by atoms with E-state index < -0.39 is 17.5 Å². The lowest BCUT2D eigenvalue weighted by Gasteiger charge is -2.08. The molecule has 2 aromatic carbocycles. The van der Waals surface area contributed by atoms with E-state index >= 15 is 0 Å². The monoisotopic (exact) mass is 253 g/mol. The Labute approximate surface area is 102 Å². The molecule has 0 spiro atoms. The van der Waals surface area contributed by atoms with E-state index in [0.717, 1.165) is 12.1 Å². The van der Waals surface area contributed by atoms with Gasteiger partial charge in [-0.05, 0) is 24.3 Å². The number of rotatable bonds is 3. The zero-order chi connectivity index (χ0) is 13.1. The smallest absolute Gasteiger partial charge is 0.194 e. The van der Waals surface area contributed by atoms with Crippen LogP contribution in [0.15, 0.2) is 36.4 Å². The predicted octanol–water partition coefficient (Wildman–Crippen LogP) is 3.86. The van der Waals surface area contributed by atoms with Gasteiger partial charge in [0.25, 0.3) is 0 Å². The van der Waals surface area contributed by atoms with Crippen molar-refractivity contribution in [2.75, 3.05) is 12.4 Å². The third-order valence-electron chi connectivity index (χ3n) is 2.36. The van der Waals surface area contributed by atoms with Gasteiger partial charge < -0.3 is 10.1 Å². The molecular formula is C13H10F3NO. The van der Waals surface area contributed by atoms with Gasteiger partial charge in [0.05, 0.1) is 7.11 Å². The summed E-state index contributed by atoms with van der Waals surface area (Å²) in [5.41, 5.74) is 0.748. The molecule has 2 nitrogen and oxygen atoms in total. The molecule has 0 saturated carbocycles. The first-order chi connectivity index (χ1) is 8.60. The maximum Gasteiger partial charge on any atom is 0.194 e. The zero-order valence-corrected chi connectivity index (χ0v) is 9.51. The molecule has 94 valence electrons. The molecule has 0 aliphatic heterocycles. The molecule has 2 aromatic rings. The summed E-state index contributed by atoms with van der Waals surface area (Å²) in [5.74, 6) is -3.27. The van der Waals surface area contributed by atoms with Crippen LogP contribution in [0.2, 0.25) is 0 Å².